The molecule has 2 aliphatic heterocycles. The molecule has 5 rings (SSSR count). The van der Waals surface area contributed by atoms with Gasteiger partial charge >= 0.3 is 0 Å². The van der Waals surface area contributed by atoms with E-state index in [9.17, 15) is 4.79 Å². The van der Waals surface area contributed by atoms with Crippen molar-refractivity contribution in [3.63, 3.8) is 0 Å². The Morgan fingerprint density at radius 1 is 0.808 bits per heavy atom. The van der Waals surface area contributed by atoms with Crippen LogP contribution in [0.4, 0.5) is 17.1 Å². The van der Waals surface area contributed by atoms with Crippen LogP contribution in [0.25, 0.3) is 0 Å². The predicted octanol–water partition coefficient (Wildman–Crippen LogP) is 4.88. The van der Waals surface area contributed by atoms with Gasteiger partial charge in [0.25, 0.3) is 5.91 Å². The third kappa shape index (κ3) is 2.49. The van der Waals surface area contributed by atoms with Crippen LogP contribution >= 0.6 is 11.8 Å². The molecule has 0 spiro atoms. The normalized spacial score (nSPS) is 14.6. The first kappa shape index (κ1) is 15.5. The lowest BCUT2D eigenvalue weighted by molar-refractivity contribution is -0.116. The summed E-state index contributed by atoms with van der Waals surface area (Å²) in [7, 11) is 0. The molecule has 0 saturated heterocycles. The van der Waals surface area contributed by atoms with Gasteiger partial charge in [-0.1, -0.05) is 54.2 Å². The van der Waals surface area contributed by atoms with Gasteiger partial charge in [0.05, 0.1) is 17.9 Å². The van der Waals surface area contributed by atoms with E-state index in [1.54, 1.807) is 11.8 Å². The van der Waals surface area contributed by atoms with Gasteiger partial charge in [0.2, 0.25) is 0 Å². The summed E-state index contributed by atoms with van der Waals surface area (Å²) in [5, 5.41) is 0. The van der Waals surface area contributed by atoms with Gasteiger partial charge in [-0.05, 0) is 42.3 Å². The minimum atomic E-state index is 0.113. The number of rotatable bonds is 2. The summed E-state index contributed by atoms with van der Waals surface area (Å²) in [5.41, 5.74) is 4.48. The molecule has 0 saturated carbocycles. The van der Waals surface area contributed by atoms with Crippen LogP contribution < -0.4 is 9.80 Å². The topological polar surface area (TPSA) is 23.6 Å². The van der Waals surface area contributed by atoms with E-state index in [2.05, 4.69) is 35.2 Å². The summed E-state index contributed by atoms with van der Waals surface area (Å²) in [6.45, 7) is 1.29. The Balaban J connectivity index is 1.51. The second-order valence-corrected chi connectivity index (χ2v) is 7.65. The maximum absolute atomic E-state index is 13.4. The molecule has 0 unspecified atom stereocenters. The van der Waals surface area contributed by atoms with Crippen LogP contribution in [-0.2, 0) is 11.2 Å². The number of anilines is 3. The second kappa shape index (κ2) is 6.22. The predicted molar refractivity (Wildman–Crippen MR) is 107 cm³/mol. The molecule has 2 aliphatic rings. The Labute approximate surface area is 157 Å². The molecule has 0 bridgehead atoms. The number of carbonyl (C=O) groups is 1. The highest BCUT2D eigenvalue weighted by Gasteiger charge is 2.30. The number of benzene rings is 3. The second-order valence-electron chi connectivity index (χ2n) is 6.57. The van der Waals surface area contributed by atoms with Gasteiger partial charge in [0.1, 0.15) is 0 Å². The van der Waals surface area contributed by atoms with Crippen LogP contribution in [-0.4, -0.2) is 19.0 Å². The Morgan fingerprint density at radius 3 is 2.08 bits per heavy atom. The van der Waals surface area contributed by atoms with E-state index in [1.165, 1.54) is 11.3 Å². The maximum atomic E-state index is 13.4. The number of nitrogens with zero attached hydrogens (tertiary/aromatic N) is 2. The highest BCUT2D eigenvalue weighted by Crippen LogP contribution is 2.48. The molecule has 0 fully saturated rings. The maximum Gasteiger partial charge on any atom is 0.251 e. The van der Waals surface area contributed by atoms with Crippen LogP contribution in [0.5, 0.6) is 0 Å². The van der Waals surface area contributed by atoms with Crippen molar-refractivity contribution in [2.24, 2.45) is 0 Å². The van der Waals surface area contributed by atoms with Crippen molar-refractivity contribution in [1.29, 1.82) is 0 Å². The Kier molecular flexibility index (Phi) is 3.71. The zero-order valence-corrected chi connectivity index (χ0v) is 15.1. The molecule has 3 aromatic rings. The zero-order valence-electron chi connectivity index (χ0n) is 14.3. The molecule has 128 valence electrons. The fraction of sp³-hybridized carbons (Fsp3) is 0.136. The molecule has 0 atom stereocenters. The highest BCUT2D eigenvalue weighted by molar-refractivity contribution is 7.99. The SMILES string of the molecule is O=C(CN1CCc2ccccc21)N1c2ccccc2Sc2ccccc21. The first-order valence-corrected chi connectivity index (χ1v) is 9.64. The lowest BCUT2D eigenvalue weighted by Gasteiger charge is -2.32. The van der Waals surface area contributed by atoms with E-state index in [0.717, 1.165) is 34.1 Å². The average Bonchev–Trinajstić information content (AvgIpc) is 3.09. The summed E-state index contributed by atoms with van der Waals surface area (Å²) in [6.07, 6.45) is 1.01. The molecule has 0 radical (unpaired) electrons. The average molecular weight is 358 g/mol. The van der Waals surface area contributed by atoms with Gasteiger partial charge in [-0.2, -0.15) is 0 Å². The van der Waals surface area contributed by atoms with E-state index in [0.29, 0.717) is 6.54 Å². The van der Waals surface area contributed by atoms with Crippen LogP contribution in [0.1, 0.15) is 5.56 Å². The molecule has 0 aromatic heterocycles. The monoisotopic (exact) mass is 358 g/mol. The van der Waals surface area contributed by atoms with Crippen molar-refractivity contribution in [3.8, 4) is 0 Å². The quantitative estimate of drug-likeness (QED) is 0.652. The van der Waals surface area contributed by atoms with Crippen LogP contribution in [0.3, 0.4) is 0 Å². The van der Waals surface area contributed by atoms with Crippen LogP contribution in [0.15, 0.2) is 82.6 Å². The van der Waals surface area contributed by atoms with E-state index in [-0.39, 0.29) is 5.91 Å². The van der Waals surface area contributed by atoms with Crippen molar-refractivity contribution in [2.75, 3.05) is 22.9 Å². The van der Waals surface area contributed by atoms with Gasteiger partial charge < -0.3 is 4.90 Å². The van der Waals surface area contributed by atoms with E-state index in [1.807, 2.05) is 47.4 Å². The molecule has 1 amide bonds. The number of amides is 1. The number of carbonyl (C=O) groups excluding carboxylic acids is 1. The van der Waals surface area contributed by atoms with E-state index in [4.69, 9.17) is 0 Å². The van der Waals surface area contributed by atoms with Gasteiger partial charge in [0, 0.05) is 22.0 Å². The third-order valence-corrected chi connectivity index (χ3v) is 6.12. The Hall–Kier alpha value is -2.72. The van der Waals surface area contributed by atoms with Gasteiger partial charge in [-0.3, -0.25) is 9.69 Å². The van der Waals surface area contributed by atoms with E-state index >= 15 is 0 Å². The zero-order chi connectivity index (χ0) is 17.5. The molecule has 4 heteroatoms. The number of hydrogen-bond donors (Lipinski definition) is 0. The molecule has 0 N–H and O–H groups in total. The summed E-state index contributed by atoms with van der Waals surface area (Å²) in [4.78, 5) is 19.7. The smallest absolute Gasteiger partial charge is 0.251 e. The third-order valence-electron chi connectivity index (χ3n) is 4.99. The van der Waals surface area contributed by atoms with Crippen molar-refractivity contribution < 1.29 is 4.79 Å². The van der Waals surface area contributed by atoms with Gasteiger partial charge in [-0.15, -0.1) is 0 Å². The molecule has 3 aromatic carbocycles. The minimum Gasteiger partial charge on any atom is -0.362 e. The van der Waals surface area contributed by atoms with E-state index < -0.39 is 0 Å². The minimum absolute atomic E-state index is 0.113. The summed E-state index contributed by atoms with van der Waals surface area (Å²) < 4.78 is 0. The van der Waals surface area contributed by atoms with Crippen molar-refractivity contribution in [2.45, 2.75) is 16.2 Å². The van der Waals surface area contributed by atoms with Crippen LogP contribution in [0, 0.1) is 0 Å². The molecular weight excluding hydrogens is 340 g/mol. The first-order chi connectivity index (χ1) is 12.8. The van der Waals surface area contributed by atoms with Crippen molar-refractivity contribution in [1.82, 2.24) is 0 Å². The largest absolute Gasteiger partial charge is 0.362 e. The van der Waals surface area contributed by atoms with Gasteiger partial charge in [0.15, 0.2) is 0 Å². The summed E-state index contributed by atoms with van der Waals surface area (Å²) in [6, 6.07) is 24.7. The lowest BCUT2D eigenvalue weighted by atomic mass is 10.2. The summed E-state index contributed by atoms with van der Waals surface area (Å²) in [5.74, 6) is 0.113. The van der Waals surface area contributed by atoms with Crippen LogP contribution in [0.2, 0.25) is 0 Å². The standard InChI is InChI=1S/C22H18N2OS/c25-22(15-23-14-13-16-7-1-2-8-17(16)23)24-18-9-3-5-11-20(18)26-21-12-6-4-10-19(21)24/h1-12H,13-15H2. The molecule has 26 heavy (non-hydrogen) atoms. The summed E-state index contributed by atoms with van der Waals surface area (Å²) >= 11 is 1.73. The fourth-order valence-electron chi connectivity index (χ4n) is 3.78. The Bertz CT molecular complexity index is 955. The fourth-order valence-corrected chi connectivity index (χ4v) is 4.84. The van der Waals surface area contributed by atoms with Crippen molar-refractivity contribution in [3.05, 3.63) is 78.4 Å². The van der Waals surface area contributed by atoms with Crippen molar-refractivity contribution >= 4 is 34.7 Å². The first-order valence-electron chi connectivity index (χ1n) is 8.83. The number of fused-ring (bicyclic) bond motifs is 3. The van der Waals surface area contributed by atoms with Gasteiger partial charge in [-0.25, -0.2) is 0 Å². The molecule has 2 heterocycles. The Morgan fingerprint density at radius 2 is 1.38 bits per heavy atom. The lowest BCUT2D eigenvalue weighted by Crippen LogP contribution is -2.38. The molecular formula is C22H18N2OS. The number of para-hydroxylation sites is 3. The highest BCUT2D eigenvalue weighted by atomic mass is 32.2. The molecule has 3 nitrogen and oxygen atoms in total. The molecule has 0 aliphatic carbocycles. The number of hydrogen-bond acceptors (Lipinski definition) is 3.